The van der Waals surface area contributed by atoms with Crippen molar-refractivity contribution in [1.82, 2.24) is 29.7 Å². The number of carbonyl (C=O) groups excluding carboxylic acids is 2. The first-order valence-corrected chi connectivity index (χ1v) is 15.9. The molecule has 2 amide bonds. The molecule has 0 spiro atoms. The fourth-order valence-corrected chi connectivity index (χ4v) is 6.20. The fraction of sp³-hybridized carbons (Fsp3) is 0.364. The van der Waals surface area contributed by atoms with Crippen LogP contribution in [-0.2, 0) is 29.1 Å². The van der Waals surface area contributed by atoms with E-state index in [0.29, 0.717) is 25.3 Å². The smallest absolute Gasteiger partial charge is 0.512 e. The van der Waals surface area contributed by atoms with Crippen molar-refractivity contribution >= 4 is 66.9 Å². The van der Waals surface area contributed by atoms with Crippen molar-refractivity contribution in [2.45, 2.75) is 50.6 Å². The number of fused-ring (bicyclic) bond motifs is 2. The summed E-state index contributed by atoms with van der Waals surface area (Å²) >= 11 is 3.54. The number of anilines is 2. The number of pyridine rings is 2. The van der Waals surface area contributed by atoms with Gasteiger partial charge in [0.25, 0.3) is 0 Å². The number of amides is 2. The van der Waals surface area contributed by atoms with Gasteiger partial charge < -0.3 is 54.1 Å². The molecule has 50 heavy (non-hydrogen) atoms. The van der Waals surface area contributed by atoms with Gasteiger partial charge in [0, 0.05) is 73.8 Å². The van der Waals surface area contributed by atoms with Gasteiger partial charge in [-0.05, 0) is 53.7 Å². The standard InChI is InChI=1S/C16H16N6O.C15H16BrN5O.2CN.Zn/c1-18-13-9-20-16-12(5-7-19-16)15(13)21-11-3-2-8-22(10-11)14(23)4-6-17;16-12-8-19-15-11(4-6-18-15)14(12)20-10-2-1-7-21(9-10)13(22)3-5-17;2*1-2;/h5,7,9,11H,2-4,8,10H2,(H2,19,20,21);4,6,8,10H,1-3,7,9H2,(H2,18,19,20);;;/q;;2*-1;+2/t11-;10-;;;/m11.../s1. The third kappa shape index (κ3) is 10.2. The molecule has 2 saturated heterocycles. The Kier molecular flexibility index (Phi) is 16.9. The molecule has 17 heteroatoms. The molecule has 4 aromatic heterocycles. The molecule has 2 aliphatic rings. The van der Waals surface area contributed by atoms with Crippen LogP contribution < -0.4 is 10.6 Å². The van der Waals surface area contributed by atoms with Gasteiger partial charge >= 0.3 is 19.5 Å². The van der Waals surface area contributed by atoms with Gasteiger partial charge in [-0.15, -0.1) is 0 Å². The van der Waals surface area contributed by atoms with Crippen molar-refractivity contribution in [2.24, 2.45) is 0 Å². The van der Waals surface area contributed by atoms with Crippen LogP contribution in [0.1, 0.15) is 38.5 Å². The van der Waals surface area contributed by atoms with Crippen molar-refractivity contribution in [3.63, 3.8) is 0 Å². The second-order valence-corrected chi connectivity index (χ2v) is 11.8. The molecule has 0 saturated carbocycles. The molecule has 4 aromatic rings. The van der Waals surface area contributed by atoms with Crippen molar-refractivity contribution < 1.29 is 29.1 Å². The number of carbonyl (C=O) groups is 2. The van der Waals surface area contributed by atoms with E-state index < -0.39 is 0 Å². The van der Waals surface area contributed by atoms with Crippen LogP contribution in [-0.4, -0.2) is 79.8 Å². The van der Waals surface area contributed by atoms with Crippen LogP contribution in [0.3, 0.4) is 0 Å². The van der Waals surface area contributed by atoms with E-state index in [1.807, 2.05) is 30.5 Å². The summed E-state index contributed by atoms with van der Waals surface area (Å²) in [5, 5.41) is 38.7. The van der Waals surface area contributed by atoms with Gasteiger partial charge in [-0.25, -0.2) is 9.83 Å². The third-order valence-corrected chi connectivity index (χ3v) is 8.53. The Bertz CT molecular complexity index is 1910. The van der Waals surface area contributed by atoms with Crippen molar-refractivity contribution in [2.75, 3.05) is 36.8 Å². The quantitative estimate of drug-likeness (QED) is 0.147. The van der Waals surface area contributed by atoms with Gasteiger partial charge in [0.05, 0.1) is 34.6 Å². The minimum absolute atomic E-state index is 0. The van der Waals surface area contributed by atoms with E-state index in [4.69, 9.17) is 40.8 Å². The monoisotopic (exact) mass is 785 g/mol. The average Bonchev–Trinajstić information content (AvgIpc) is 3.83. The molecule has 0 unspecified atom stereocenters. The van der Waals surface area contributed by atoms with Crippen molar-refractivity contribution in [3.05, 3.63) is 66.0 Å². The molecule has 2 atom stereocenters. The first-order valence-electron chi connectivity index (χ1n) is 15.1. The van der Waals surface area contributed by atoms with Crippen LogP contribution >= 0.6 is 15.9 Å². The summed E-state index contributed by atoms with van der Waals surface area (Å²) in [5.41, 5.74) is 3.78. The third-order valence-electron chi connectivity index (χ3n) is 7.93. The average molecular weight is 788 g/mol. The number of H-pyrrole nitrogens is 2. The van der Waals surface area contributed by atoms with Crippen LogP contribution in [0.15, 0.2) is 41.4 Å². The Morgan fingerprint density at radius 3 is 1.80 bits per heavy atom. The summed E-state index contributed by atoms with van der Waals surface area (Å²) in [6.07, 6.45) is 10.6. The van der Waals surface area contributed by atoms with E-state index in [1.165, 1.54) is 0 Å². The van der Waals surface area contributed by atoms with Crippen molar-refractivity contribution in [3.8, 4) is 12.1 Å². The number of nitriles is 2. The van der Waals surface area contributed by atoms with Crippen LogP contribution in [0, 0.1) is 52.9 Å². The second kappa shape index (κ2) is 20.8. The Morgan fingerprint density at radius 2 is 1.32 bits per heavy atom. The number of halogens is 1. The largest absolute Gasteiger partial charge is 2.00 e. The summed E-state index contributed by atoms with van der Waals surface area (Å²) in [6.45, 7) is 19.4. The SMILES string of the molecule is N#CCC(=O)N1CCC[C@@H](Nc2c(Br)cnc3[nH]ccc23)C1.[C-]#N.[C-]#N.[C-]#[N+]c1cnc2[nH]ccc2c1N[C@@H]1CCCN(C(=O)CC#N)C1.[Zn+2]. The maximum Gasteiger partial charge on any atom is 2.00 e. The molecule has 15 nitrogen and oxygen atoms in total. The summed E-state index contributed by atoms with van der Waals surface area (Å²) in [6, 6.07) is 7.94. The molecular weight excluding hydrogens is 756 g/mol. The molecule has 0 aromatic carbocycles. The zero-order chi connectivity index (χ0) is 35.8. The molecular formula is C33H32BrN13O2Zn. The number of nitrogens with one attached hydrogen (secondary N) is 4. The predicted molar refractivity (Wildman–Crippen MR) is 183 cm³/mol. The van der Waals surface area contributed by atoms with Gasteiger partial charge in [0.1, 0.15) is 24.1 Å². The number of nitrogens with zero attached hydrogens (tertiary/aromatic N) is 9. The molecule has 250 valence electrons. The van der Waals surface area contributed by atoms with E-state index in [0.717, 1.165) is 70.1 Å². The number of hydrogen-bond donors (Lipinski definition) is 4. The Balaban J connectivity index is 0.000000310. The van der Waals surface area contributed by atoms with Crippen LogP contribution in [0.25, 0.3) is 26.9 Å². The maximum absolute atomic E-state index is 11.9. The maximum atomic E-state index is 11.9. The molecule has 6 rings (SSSR count). The van der Waals surface area contributed by atoms with Gasteiger partial charge in [-0.2, -0.15) is 10.5 Å². The van der Waals surface area contributed by atoms with Gasteiger partial charge in [-0.1, -0.05) is 0 Å². The number of piperidine rings is 2. The van der Waals surface area contributed by atoms with Crippen LogP contribution in [0.4, 0.5) is 17.1 Å². The Morgan fingerprint density at radius 1 is 0.860 bits per heavy atom. The molecule has 0 aliphatic carbocycles. The summed E-state index contributed by atoms with van der Waals surface area (Å²) in [7, 11) is 0. The number of rotatable bonds is 6. The number of aromatic amines is 2. The second-order valence-electron chi connectivity index (χ2n) is 10.9. The van der Waals surface area contributed by atoms with Gasteiger partial charge in [-0.3, -0.25) is 14.6 Å². The van der Waals surface area contributed by atoms with Gasteiger partial charge in [0.15, 0.2) is 0 Å². The number of hydrogen-bond acceptors (Lipinski definition) is 10. The van der Waals surface area contributed by atoms with E-state index in [-0.39, 0.29) is 56.2 Å². The molecule has 0 radical (unpaired) electrons. The van der Waals surface area contributed by atoms with E-state index in [1.54, 1.807) is 28.4 Å². The summed E-state index contributed by atoms with van der Waals surface area (Å²) < 4.78 is 0.903. The van der Waals surface area contributed by atoms with E-state index in [9.17, 15) is 9.59 Å². The van der Waals surface area contributed by atoms with Crippen LogP contribution in [0.2, 0.25) is 0 Å². The van der Waals surface area contributed by atoms with Crippen LogP contribution in [0.5, 0.6) is 0 Å². The molecule has 4 N–H and O–H groups in total. The topological polar surface area (TPSA) is 222 Å². The zero-order valence-corrected chi connectivity index (χ0v) is 31.7. The van der Waals surface area contributed by atoms with Crippen molar-refractivity contribution in [1.29, 1.82) is 21.0 Å². The molecule has 2 aliphatic heterocycles. The number of likely N-dealkylation sites (tertiary alicyclic amines) is 2. The molecule has 6 heterocycles. The minimum Gasteiger partial charge on any atom is -0.512 e. The summed E-state index contributed by atoms with van der Waals surface area (Å²) in [4.78, 5) is 45.5. The zero-order valence-electron chi connectivity index (χ0n) is 27.1. The van der Waals surface area contributed by atoms with Gasteiger partial charge in [0.2, 0.25) is 17.5 Å². The summed E-state index contributed by atoms with van der Waals surface area (Å²) in [5.74, 6) is -0.222. The van der Waals surface area contributed by atoms with E-state index in [2.05, 4.69) is 51.3 Å². The molecule has 2 fully saturated rings. The van der Waals surface area contributed by atoms with E-state index >= 15 is 0 Å². The number of aromatic nitrogens is 4. The first kappa shape index (κ1) is 40.6. The fourth-order valence-electron chi connectivity index (χ4n) is 5.77. The molecule has 0 bridgehead atoms. The Labute approximate surface area is 311 Å². The minimum atomic E-state index is -0.133. The normalized spacial score (nSPS) is 16.1. The predicted octanol–water partition coefficient (Wildman–Crippen LogP) is 5.26. The first-order chi connectivity index (χ1) is 23.9. The Hall–Kier alpha value is -5.53.